The van der Waals surface area contributed by atoms with Gasteiger partial charge in [-0.3, -0.25) is 9.69 Å². The second kappa shape index (κ2) is 8.15. The van der Waals surface area contributed by atoms with Crippen LogP contribution in [-0.2, 0) is 9.53 Å². The Labute approximate surface area is 143 Å². The van der Waals surface area contributed by atoms with E-state index in [-0.39, 0.29) is 12.0 Å². The largest absolute Gasteiger partial charge is 0.465 e. The van der Waals surface area contributed by atoms with Crippen molar-refractivity contribution in [3.05, 3.63) is 28.8 Å². The van der Waals surface area contributed by atoms with E-state index in [1.165, 1.54) is 5.56 Å². The minimum atomic E-state index is -0.207. The van der Waals surface area contributed by atoms with Crippen LogP contribution in [0.15, 0.2) is 12.1 Å². The molecule has 1 aliphatic heterocycles. The summed E-state index contributed by atoms with van der Waals surface area (Å²) in [6, 6.07) is 4.01. The van der Waals surface area contributed by atoms with E-state index in [2.05, 4.69) is 18.3 Å². The van der Waals surface area contributed by atoms with Crippen LogP contribution in [0.3, 0.4) is 0 Å². The molecule has 0 bridgehead atoms. The predicted molar refractivity (Wildman–Crippen MR) is 94.3 cm³/mol. The van der Waals surface area contributed by atoms with Gasteiger partial charge in [-0.05, 0) is 50.5 Å². The third kappa shape index (κ3) is 4.71. The summed E-state index contributed by atoms with van der Waals surface area (Å²) in [7, 11) is 0. The molecule has 0 saturated carbocycles. The topological polar surface area (TPSA) is 61.9 Å². The smallest absolute Gasteiger partial charge is 0.321 e. The van der Waals surface area contributed by atoms with Crippen molar-refractivity contribution in [2.75, 3.05) is 44.6 Å². The van der Waals surface area contributed by atoms with Gasteiger partial charge in [0.05, 0.1) is 13.2 Å². The quantitative estimate of drug-likeness (QED) is 0.859. The van der Waals surface area contributed by atoms with Gasteiger partial charge >= 0.3 is 12.0 Å². The van der Waals surface area contributed by atoms with Crippen molar-refractivity contribution in [2.24, 2.45) is 0 Å². The van der Waals surface area contributed by atoms with E-state index in [9.17, 15) is 9.59 Å². The normalized spacial score (nSPS) is 15.2. The predicted octanol–water partition coefficient (Wildman–Crippen LogP) is 2.32. The average Bonchev–Trinajstić information content (AvgIpc) is 2.53. The van der Waals surface area contributed by atoms with Crippen molar-refractivity contribution in [3.63, 3.8) is 0 Å². The number of hydrogen-bond donors (Lipinski definition) is 1. The number of rotatable bonds is 4. The SMILES string of the molecule is CCOC(=O)CN1CCN(C(=O)Nc2cc(C)c(C)cc2C)CC1. The number of carbonyl (C=O) groups is 2. The summed E-state index contributed by atoms with van der Waals surface area (Å²) >= 11 is 0. The van der Waals surface area contributed by atoms with Crippen LogP contribution in [0.2, 0.25) is 0 Å². The van der Waals surface area contributed by atoms with Crippen molar-refractivity contribution in [3.8, 4) is 0 Å². The van der Waals surface area contributed by atoms with Gasteiger partial charge in [-0.2, -0.15) is 0 Å². The van der Waals surface area contributed by atoms with E-state index >= 15 is 0 Å². The Morgan fingerprint density at radius 3 is 2.29 bits per heavy atom. The van der Waals surface area contributed by atoms with E-state index in [0.717, 1.165) is 16.8 Å². The molecule has 1 aromatic rings. The van der Waals surface area contributed by atoms with Crippen LogP contribution in [-0.4, -0.2) is 61.1 Å². The summed E-state index contributed by atoms with van der Waals surface area (Å²) in [5.41, 5.74) is 4.30. The summed E-state index contributed by atoms with van der Waals surface area (Å²) in [6.45, 7) is 11.2. The summed E-state index contributed by atoms with van der Waals surface area (Å²) in [5, 5.41) is 3.00. The highest BCUT2D eigenvalue weighted by atomic mass is 16.5. The van der Waals surface area contributed by atoms with Gasteiger partial charge in [0.1, 0.15) is 0 Å². The molecule has 24 heavy (non-hydrogen) atoms. The lowest BCUT2D eigenvalue weighted by atomic mass is 10.1. The number of benzene rings is 1. The molecule has 132 valence electrons. The number of hydrogen-bond acceptors (Lipinski definition) is 4. The molecule has 2 amide bonds. The third-order valence-corrected chi connectivity index (χ3v) is 4.40. The molecule has 6 heteroatoms. The maximum absolute atomic E-state index is 12.5. The minimum Gasteiger partial charge on any atom is -0.465 e. The summed E-state index contributed by atoms with van der Waals surface area (Å²) in [6.07, 6.45) is 0. The fraction of sp³-hybridized carbons (Fsp3) is 0.556. The second-order valence-electron chi connectivity index (χ2n) is 6.25. The van der Waals surface area contributed by atoms with E-state index in [1.54, 1.807) is 11.8 Å². The molecule has 0 atom stereocenters. The van der Waals surface area contributed by atoms with Crippen molar-refractivity contribution < 1.29 is 14.3 Å². The standard InChI is InChI=1S/C18H27N3O3/c1-5-24-17(22)12-20-6-8-21(9-7-20)18(23)19-16-11-14(3)13(2)10-15(16)4/h10-11H,5-9,12H2,1-4H3,(H,19,23). The van der Waals surface area contributed by atoms with Crippen LogP contribution in [0.25, 0.3) is 0 Å². The highest BCUT2D eigenvalue weighted by molar-refractivity contribution is 5.90. The first-order valence-electron chi connectivity index (χ1n) is 8.42. The first kappa shape index (κ1) is 18.3. The van der Waals surface area contributed by atoms with Gasteiger partial charge in [0.15, 0.2) is 0 Å². The van der Waals surface area contributed by atoms with Gasteiger partial charge in [-0.1, -0.05) is 6.07 Å². The molecular weight excluding hydrogens is 306 g/mol. The molecule has 0 spiro atoms. The monoisotopic (exact) mass is 333 g/mol. The molecule has 0 aliphatic carbocycles. The number of urea groups is 1. The van der Waals surface area contributed by atoms with Gasteiger partial charge in [-0.25, -0.2) is 4.79 Å². The van der Waals surface area contributed by atoms with Crippen molar-refractivity contribution in [1.29, 1.82) is 0 Å². The number of anilines is 1. The molecule has 1 heterocycles. The first-order valence-corrected chi connectivity index (χ1v) is 8.42. The van der Waals surface area contributed by atoms with Gasteiger partial charge in [0, 0.05) is 31.9 Å². The lowest BCUT2D eigenvalue weighted by Crippen LogP contribution is -2.51. The van der Waals surface area contributed by atoms with Crippen LogP contribution in [0.5, 0.6) is 0 Å². The van der Waals surface area contributed by atoms with Gasteiger partial charge in [0.25, 0.3) is 0 Å². The maximum atomic E-state index is 12.5. The number of amides is 2. The van der Waals surface area contributed by atoms with Crippen LogP contribution in [0, 0.1) is 20.8 Å². The zero-order chi connectivity index (χ0) is 17.7. The molecule has 0 unspecified atom stereocenters. The second-order valence-corrected chi connectivity index (χ2v) is 6.25. The Morgan fingerprint density at radius 2 is 1.67 bits per heavy atom. The minimum absolute atomic E-state index is 0.0860. The van der Waals surface area contributed by atoms with Crippen LogP contribution >= 0.6 is 0 Å². The molecular formula is C18H27N3O3. The molecule has 6 nitrogen and oxygen atoms in total. The Hall–Kier alpha value is -2.08. The lowest BCUT2D eigenvalue weighted by molar-refractivity contribution is -0.144. The Balaban J connectivity index is 1.87. The third-order valence-electron chi connectivity index (χ3n) is 4.40. The first-order chi connectivity index (χ1) is 11.4. The zero-order valence-corrected chi connectivity index (χ0v) is 15.0. The van der Waals surface area contributed by atoms with Crippen LogP contribution in [0.1, 0.15) is 23.6 Å². The molecule has 2 rings (SSSR count). The highest BCUT2D eigenvalue weighted by Gasteiger charge is 2.23. The number of ether oxygens (including phenoxy) is 1. The molecule has 0 radical (unpaired) electrons. The fourth-order valence-corrected chi connectivity index (χ4v) is 2.79. The van der Waals surface area contributed by atoms with Gasteiger partial charge < -0.3 is 15.0 Å². The molecule has 1 aromatic carbocycles. The summed E-state index contributed by atoms with van der Waals surface area (Å²) < 4.78 is 4.96. The molecule has 1 fully saturated rings. The van der Waals surface area contributed by atoms with Crippen LogP contribution < -0.4 is 5.32 Å². The number of aryl methyl sites for hydroxylation is 3. The van der Waals surface area contributed by atoms with E-state index in [1.807, 2.05) is 24.8 Å². The van der Waals surface area contributed by atoms with E-state index in [4.69, 9.17) is 4.74 Å². The summed E-state index contributed by atoms with van der Waals surface area (Å²) in [4.78, 5) is 27.8. The van der Waals surface area contributed by atoms with Crippen molar-refractivity contribution in [2.45, 2.75) is 27.7 Å². The number of nitrogens with one attached hydrogen (secondary N) is 1. The molecule has 0 aromatic heterocycles. The number of carbonyl (C=O) groups excluding carboxylic acids is 2. The number of nitrogens with zero attached hydrogens (tertiary/aromatic N) is 2. The van der Waals surface area contributed by atoms with E-state index in [0.29, 0.717) is 39.3 Å². The zero-order valence-electron chi connectivity index (χ0n) is 15.0. The van der Waals surface area contributed by atoms with E-state index < -0.39 is 0 Å². The van der Waals surface area contributed by atoms with Crippen molar-refractivity contribution in [1.82, 2.24) is 9.80 Å². The molecule has 1 N–H and O–H groups in total. The van der Waals surface area contributed by atoms with Crippen LogP contribution in [0.4, 0.5) is 10.5 Å². The van der Waals surface area contributed by atoms with Gasteiger partial charge in [-0.15, -0.1) is 0 Å². The van der Waals surface area contributed by atoms with Crippen molar-refractivity contribution >= 4 is 17.7 Å². The molecule has 1 saturated heterocycles. The lowest BCUT2D eigenvalue weighted by Gasteiger charge is -2.34. The maximum Gasteiger partial charge on any atom is 0.321 e. The summed E-state index contributed by atoms with van der Waals surface area (Å²) in [5.74, 6) is -0.207. The Morgan fingerprint density at radius 1 is 1.04 bits per heavy atom. The Bertz CT molecular complexity index is 608. The van der Waals surface area contributed by atoms with Gasteiger partial charge in [0.2, 0.25) is 0 Å². The highest BCUT2D eigenvalue weighted by Crippen LogP contribution is 2.20. The average molecular weight is 333 g/mol. The Kier molecular flexibility index (Phi) is 6.20. The molecule has 1 aliphatic rings. The fourth-order valence-electron chi connectivity index (χ4n) is 2.79. The number of piperazine rings is 1. The number of esters is 1.